The molecule has 0 saturated carbocycles. The maximum atomic E-state index is 13.9. The lowest BCUT2D eigenvalue weighted by atomic mass is 9.97. The summed E-state index contributed by atoms with van der Waals surface area (Å²) < 4.78 is 46.3. The van der Waals surface area contributed by atoms with Gasteiger partial charge in [-0.1, -0.05) is 18.2 Å². The number of halogens is 2. The van der Waals surface area contributed by atoms with E-state index in [0.29, 0.717) is 59.0 Å². The van der Waals surface area contributed by atoms with Crippen molar-refractivity contribution in [2.24, 2.45) is 0 Å². The molecule has 0 bridgehead atoms. The molecule has 1 aliphatic heterocycles. The van der Waals surface area contributed by atoms with E-state index in [9.17, 15) is 18.1 Å². The monoisotopic (exact) mass is 545 g/mol. The van der Waals surface area contributed by atoms with E-state index in [1.807, 2.05) is 33.8 Å². The molecule has 0 spiro atoms. The Hall–Kier alpha value is -3.13. The zero-order chi connectivity index (χ0) is 27.8. The largest absolute Gasteiger partial charge is 0.444 e. The average Bonchev–Trinajstić information content (AvgIpc) is 2.83. The Morgan fingerprint density at radius 3 is 2.42 bits per heavy atom. The zero-order valence-electron chi connectivity index (χ0n) is 22.6. The number of nitrogens with zero attached hydrogens (tertiary/aromatic N) is 4. The Bertz CT molecular complexity index is 1400. The molecule has 8 nitrogen and oxygen atoms in total. The van der Waals surface area contributed by atoms with Gasteiger partial charge >= 0.3 is 6.09 Å². The fourth-order valence-electron chi connectivity index (χ4n) is 4.66. The standard InChI is InChI=1S/C27H34F2N5O3P/c1-16-19(8-7-9-20(16)24(28)29)17(2)31-25-21-14-23(30-15-22(21)32-18(3)33-25)38(36)12-10-34(11-13-38)26(35)37-27(4,5)6/h7-9,14-15,17,24H,10-13H2,1-6H3,(H,31,32,33)/t17-/m1/s1. The molecule has 11 heteroatoms. The van der Waals surface area contributed by atoms with E-state index in [4.69, 9.17) is 4.74 Å². The Morgan fingerprint density at radius 2 is 1.79 bits per heavy atom. The number of rotatable bonds is 5. The summed E-state index contributed by atoms with van der Waals surface area (Å²) in [5, 5.41) is 4.01. The van der Waals surface area contributed by atoms with Gasteiger partial charge in [0.2, 0.25) is 0 Å². The van der Waals surface area contributed by atoms with Crippen LogP contribution in [0.25, 0.3) is 10.9 Å². The van der Waals surface area contributed by atoms with Crippen molar-refractivity contribution in [3.8, 4) is 0 Å². The summed E-state index contributed by atoms with van der Waals surface area (Å²) in [6, 6.07) is 6.32. The predicted molar refractivity (Wildman–Crippen MR) is 145 cm³/mol. The number of aryl methyl sites for hydroxylation is 1. The first-order valence-corrected chi connectivity index (χ1v) is 14.7. The zero-order valence-corrected chi connectivity index (χ0v) is 23.5. The average molecular weight is 546 g/mol. The van der Waals surface area contributed by atoms with E-state index in [0.717, 1.165) is 5.56 Å². The number of anilines is 1. The minimum Gasteiger partial charge on any atom is -0.444 e. The third-order valence-corrected chi connectivity index (χ3v) is 9.61. The van der Waals surface area contributed by atoms with Gasteiger partial charge in [-0.15, -0.1) is 0 Å². The molecule has 38 heavy (non-hydrogen) atoms. The number of benzene rings is 1. The summed E-state index contributed by atoms with van der Waals surface area (Å²) in [5.74, 6) is 1.04. The summed E-state index contributed by atoms with van der Waals surface area (Å²) in [5.41, 5.74) is 1.73. The van der Waals surface area contributed by atoms with Crippen molar-refractivity contribution in [2.75, 3.05) is 30.7 Å². The molecule has 1 fully saturated rings. The number of alkyl halides is 2. The van der Waals surface area contributed by atoms with Crippen LogP contribution in [0.15, 0.2) is 30.5 Å². The Morgan fingerprint density at radius 1 is 1.13 bits per heavy atom. The lowest BCUT2D eigenvalue weighted by Crippen LogP contribution is -2.43. The molecule has 1 aromatic carbocycles. The number of hydrogen-bond acceptors (Lipinski definition) is 7. The fraction of sp³-hybridized carbons (Fsp3) is 0.481. The minimum absolute atomic E-state index is 0.00202. The highest BCUT2D eigenvalue weighted by molar-refractivity contribution is 7.71. The number of fused-ring (bicyclic) bond motifs is 1. The normalized spacial score (nSPS) is 16.5. The van der Waals surface area contributed by atoms with Crippen molar-refractivity contribution in [1.29, 1.82) is 0 Å². The maximum Gasteiger partial charge on any atom is 0.410 e. The molecule has 1 aliphatic rings. The van der Waals surface area contributed by atoms with Gasteiger partial charge < -0.3 is 19.5 Å². The van der Waals surface area contributed by atoms with Crippen molar-refractivity contribution < 1.29 is 22.9 Å². The van der Waals surface area contributed by atoms with Crippen LogP contribution in [0.1, 0.15) is 62.7 Å². The van der Waals surface area contributed by atoms with Crippen LogP contribution < -0.4 is 10.8 Å². The molecule has 204 valence electrons. The van der Waals surface area contributed by atoms with Gasteiger partial charge in [0.1, 0.15) is 29.8 Å². The van der Waals surface area contributed by atoms with Crippen LogP contribution >= 0.6 is 7.14 Å². The molecule has 2 aromatic heterocycles. The van der Waals surface area contributed by atoms with Crippen molar-refractivity contribution in [3.05, 3.63) is 53.0 Å². The molecule has 3 aromatic rings. The summed E-state index contributed by atoms with van der Waals surface area (Å²) >= 11 is 0. The number of ether oxygens (including phenoxy) is 1. The van der Waals surface area contributed by atoms with E-state index < -0.39 is 25.3 Å². The van der Waals surface area contributed by atoms with Crippen LogP contribution in [0.3, 0.4) is 0 Å². The Balaban J connectivity index is 1.61. The first-order valence-electron chi connectivity index (χ1n) is 12.6. The van der Waals surface area contributed by atoms with Crippen LogP contribution in [-0.2, 0) is 9.30 Å². The number of aromatic nitrogens is 3. The van der Waals surface area contributed by atoms with Crippen LogP contribution in [-0.4, -0.2) is 57.0 Å². The Labute approximate surface area is 221 Å². The van der Waals surface area contributed by atoms with Crippen LogP contribution in [0.2, 0.25) is 0 Å². The highest BCUT2D eigenvalue weighted by Crippen LogP contribution is 2.46. The van der Waals surface area contributed by atoms with E-state index in [1.54, 1.807) is 37.1 Å². The molecule has 0 aliphatic carbocycles. The summed E-state index contributed by atoms with van der Waals surface area (Å²) in [6.07, 6.45) is -0.771. The van der Waals surface area contributed by atoms with E-state index in [-0.39, 0.29) is 11.6 Å². The van der Waals surface area contributed by atoms with Crippen LogP contribution in [0.4, 0.5) is 19.4 Å². The molecular weight excluding hydrogens is 511 g/mol. The van der Waals surface area contributed by atoms with Gasteiger partial charge in [0.15, 0.2) is 0 Å². The highest BCUT2D eigenvalue weighted by Gasteiger charge is 2.35. The Kier molecular flexibility index (Phi) is 7.75. The van der Waals surface area contributed by atoms with Gasteiger partial charge in [0.25, 0.3) is 6.43 Å². The van der Waals surface area contributed by atoms with Gasteiger partial charge in [-0.25, -0.2) is 23.5 Å². The topological polar surface area (TPSA) is 97.3 Å². The molecule has 1 saturated heterocycles. The second-order valence-corrected chi connectivity index (χ2v) is 13.8. The van der Waals surface area contributed by atoms with E-state index >= 15 is 0 Å². The number of amides is 1. The molecular formula is C27H34F2N5O3P. The molecule has 1 amide bonds. The number of pyridine rings is 1. The minimum atomic E-state index is -2.87. The van der Waals surface area contributed by atoms with Crippen molar-refractivity contribution in [3.63, 3.8) is 0 Å². The van der Waals surface area contributed by atoms with Crippen LogP contribution in [0.5, 0.6) is 0 Å². The van der Waals surface area contributed by atoms with Gasteiger partial charge in [0.05, 0.1) is 17.8 Å². The highest BCUT2D eigenvalue weighted by atomic mass is 31.2. The number of hydrogen-bond donors (Lipinski definition) is 1. The van der Waals surface area contributed by atoms with Crippen molar-refractivity contribution >= 4 is 35.4 Å². The first kappa shape index (κ1) is 27.9. The van der Waals surface area contributed by atoms with Crippen LogP contribution in [0, 0.1) is 13.8 Å². The van der Waals surface area contributed by atoms with Crippen molar-refractivity contribution in [1.82, 2.24) is 19.9 Å². The smallest absolute Gasteiger partial charge is 0.410 e. The predicted octanol–water partition coefficient (Wildman–Crippen LogP) is 5.99. The molecule has 0 radical (unpaired) electrons. The van der Waals surface area contributed by atoms with Gasteiger partial charge in [-0.3, -0.25) is 4.98 Å². The van der Waals surface area contributed by atoms with Gasteiger partial charge in [-0.05, 0) is 58.7 Å². The summed E-state index contributed by atoms with van der Waals surface area (Å²) in [6.45, 7) is 11.4. The number of carbonyl (C=O) groups is 1. The molecule has 3 heterocycles. The third-order valence-electron chi connectivity index (χ3n) is 6.68. The third kappa shape index (κ3) is 5.96. The van der Waals surface area contributed by atoms with Crippen molar-refractivity contribution in [2.45, 2.75) is 59.6 Å². The summed E-state index contributed by atoms with van der Waals surface area (Å²) in [4.78, 5) is 27.6. The lowest BCUT2D eigenvalue weighted by molar-refractivity contribution is 0.0266. The second kappa shape index (κ2) is 10.6. The molecule has 4 rings (SSSR count). The first-order chi connectivity index (χ1) is 17.8. The molecule has 0 unspecified atom stereocenters. The molecule has 1 N–H and O–H groups in total. The molecule has 1 atom stereocenters. The summed E-state index contributed by atoms with van der Waals surface area (Å²) in [7, 11) is -2.87. The maximum absolute atomic E-state index is 13.9. The van der Waals surface area contributed by atoms with Gasteiger partial charge in [0, 0.05) is 36.4 Å². The van der Waals surface area contributed by atoms with E-state index in [1.165, 1.54) is 6.07 Å². The SMILES string of the molecule is Cc1nc(N[C@H](C)c2cccc(C(F)F)c2C)c2cc(P3(=O)CCN(C(=O)OC(C)(C)C)CC3)ncc2n1. The lowest BCUT2D eigenvalue weighted by Gasteiger charge is -2.33. The van der Waals surface area contributed by atoms with E-state index in [2.05, 4.69) is 20.3 Å². The number of carbonyl (C=O) groups excluding carboxylic acids is 1. The second-order valence-electron chi connectivity index (χ2n) is 10.7. The van der Waals surface area contributed by atoms with Gasteiger partial charge in [-0.2, -0.15) is 0 Å². The quantitative estimate of drug-likeness (QED) is 0.393. The fourth-order valence-corrected chi connectivity index (χ4v) is 7.10. The number of nitrogens with one attached hydrogen (secondary N) is 1.